The summed E-state index contributed by atoms with van der Waals surface area (Å²) >= 11 is 0. The Labute approximate surface area is 195 Å². The Morgan fingerprint density at radius 1 is 0.781 bits per heavy atom. The Kier molecular flexibility index (Phi) is 7.63. The maximum absolute atomic E-state index is 2.40. The van der Waals surface area contributed by atoms with Crippen molar-refractivity contribution in [3.8, 4) is 0 Å². The van der Waals surface area contributed by atoms with Crippen molar-refractivity contribution >= 4 is 10.8 Å². The number of fused-ring (bicyclic) bond motifs is 1. The molecule has 0 aliphatic heterocycles. The molecule has 1 aliphatic rings. The third kappa shape index (κ3) is 5.41. The predicted molar refractivity (Wildman–Crippen MR) is 141 cm³/mol. The smallest absolute Gasteiger partial charge is 0.00612 e. The van der Waals surface area contributed by atoms with Gasteiger partial charge in [-0.25, -0.2) is 0 Å². The monoisotopic (exact) mass is 422 g/mol. The zero-order valence-electron chi connectivity index (χ0n) is 20.1. The Morgan fingerprint density at radius 2 is 1.47 bits per heavy atom. The molecule has 1 atom stereocenters. The molecule has 1 unspecified atom stereocenters. The number of allylic oxidation sites excluding steroid dienone is 4. The molecule has 0 heteroatoms. The first-order chi connectivity index (χ1) is 15.7. The first-order valence-corrected chi connectivity index (χ1v) is 12.5. The number of aryl methyl sites for hydroxylation is 1. The average molecular weight is 423 g/mol. The lowest BCUT2D eigenvalue weighted by Crippen LogP contribution is -2.11. The van der Waals surface area contributed by atoms with Gasteiger partial charge in [0.25, 0.3) is 0 Å². The van der Waals surface area contributed by atoms with Crippen LogP contribution in [0, 0.1) is 5.92 Å². The summed E-state index contributed by atoms with van der Waals surface area (Å²) in [6, 6.07) is 23.5. The highest BCUT2D eigenvalue weighted by atomic mass is 14.3. The molecule has 1 aliphatic carbocycles. The molecule has 3 aromatic rings. The fourth-order valence-electron chi connectivity index (χ4n) is 5.32. The summed E-state index contributed by atoms with van der Waals surface area (Å²) in [5.41, 5.74) is 5.77. The van der Waals surface area contributed by atoms with Gasteiger partial charge in [-0.2, -0.15) is 0 Å². The van der Waals surface area contributed by atoms with Crippen LogP contribution in [-0.2, 0) is 6.42 Å². The van der Waals surface area contributed by atoms with Crippen LogP contribution in [0.25, 0.3) is 10.8 Å². The van der Waals surface area contributed by atoms with E-state index in [4.69, 9.17) is 0 Å². The standard InChI is InChI=1S/C32H38/c1-4-6-7-9-26-12-15-32-23-30(20-21-31(32)22-26)24(3)27-16-18-29(19-17-27)28-13-10-25(8-5-2)11-14-28/h4-6,8,12,15-25,28H,7,9-11,13-14H2,1-3H3/b6-4+,8-5+. The van der Waals surface area contributed by atoms with Gasteiger partial charge in [-0.05, 0) is 97.2 Å². The van der Waals surface area contributed by atoms with Crippen LogP contribution in [0.3, 0.4) is 0 Å². The Hall–Kier alpha value is -2.60. The molecule has 0 spiro atoms. The molecule has 0 amide bonds. The Bertz CT molecular complexity index is 1060. The van der Waals surface area contributed by atoms with E-state index >= 15 is 0 Å². The molecule has 0 saturated heterocycles. The Balaban J connectivity index is 1.44. The summed E-state index contributed by atoms with van der Waals surface area (Å²) in [6.07, 6.45) is 16.5. The minimum atomic E-state index is 0.410. The van der Waals surface area contributed by atoms with Crippen molar-refractivity contribution in [3.05, 3.63) is 107 Å². The topological polar surface area (TPSA) is 0 Å². The van der Waals surface area contributed by atoms with Crippen LogP contribution in [0.2, 0.25) is 0 Å². The van der Waals surface area contributed by atoms with E-state index in [0.717, 1.165) is 24.7 Å². The van der Waals surface area contributed by atoms with Crippen LogP contribution in [0.5, 0.6) is 0 Å². The molecule has 4 rings (SSSR count). The highest BCUT2D eigenvalue weighted by Gasteiger charge is 2.21. The van der Waals surface area contributed by atoms with E-state index in [2.05, 4.69) is 106 Å². The van der Waals surface area contributed by atoms with Crippen molar-refractivity contribution in [2.75, 3.05) is 0 Å². The summed E-state index contributed by atoms with van der Waals surface area (Å²) < 4.78 is 0. The fraction of sp³-hybridized carbons (Fsp3) is 0.375. The molecular weight excluding hydrogens is 384 g/mol. The fourth-order valence-corrected chi connectivity index (χ4v) is 5.32. The lowest BCUT2D eigenvalue weighted by Gasteiger charge is -2.27. The third-order valence-corrected chi connectivity index (χ3v) is 7.41. The van der Waals surface area contributed by atoms with E-state index in [1.807, 2.05) is 0 Å². The molecule has 1 fully saturated rings. The van der Waals surface area contributed by atoms with E-state index in [0.29, 0.717) is 5.92 Å². The van der Waals surface area contributed by atoms with Crippen LogP contribution in [-0.4, -0.2) is 0 Å². The van der Waals surface area contributed by atoms with E-state index in [1.54, 1.807) is 0 Å². The second-order valence-corrected chi connectivity index (χ2v) is 9.57. The minimum Gasteiger partial charge on any atom is -0.0917 e. The second kappa shape index (κ2) is 10.8. The summed E-state index contributed by atoms with van der Waals surface area (Å²) in [5, 5.41) is 2.70. The van der Waals surface area contributed by atoms with Gasteiger partial charge in [0.2, 0.25) is 0 Å². The molecule has 166 valence electrons. The number of benzene rings is 3. The van der Waals surface area contributed by atoms with Gasteiger partial charge in [0.15, 0.2) is 0 Å². The van der Waals surface area contributed by atoms with Crippen molar-refractivity contribution in [1.29, 1.82) is 0 Å². The quantitative estimate of drug-likeness (QED) is 0.333. The molecule has 0 bridgehead atoms. The maximum Gasteiger partial charge on any atom is 0.00612 e. The highest BCUT2D eigenvalue weighted by Crippen LogP contribution is 2.37. The van der Waals surface area contributed by atoms with E-state index in [1.165, 1.54) is 58.7 Å². The van der Waals surface area contributed by atoms with Crippen LogP contribution < -0.4 is 0 Å². The molecule has 0 heterocycles. The first-order valence-electron chi connectivity index (χ1n) is 12.5. The van der Waals surface area contributed by atoms with Gasteiger partial charge < -0.3 is 0 Å². The van der Waals surface area contributed by atoms with Crippen LogP contribution in [0.15, 0.2) is 85.0 Å². The van der Waals surface area contributed by atoms with Crippen molar-refractivity contribution in [3.63, 3.8) is 0 Å². The van der Waals surface area contributed by atoms with Crippen molar-refractivity contribution in [2.45, 2.75) is 71.1 Å². The molecule has 0 radical (unpaired) electrons. The summed E-state index contributed by atoms with van der Waals surface area (Å²) in [7, 11) is 0. The molecule has 3 aromatic carbocycles. The maximum atomic E-state index is 2.40. The number of rotatable bonds is 7. The second-order valence-electron chi connectivity index (χ2n) is 9.57. The summed E-state index contributed by atoms with van der Waals surface area (Å²) in [5.74, 6) is 1.95. The number of hydrogen-bond acceptors (Lipinski definition) is 0. The van der Waals surface area contributed by atoms with Crippen LogP contribution >= 0.6 is 0 Å². The van der Waals surface area contributed by atoms with Crippen molar-refractivity contribution < 1.29 is 0 Å². The predicted octanol–water partition coefficient (Wildman–Crippen LogP) is 9.35. The van der Waals surface area contributed by atoms with Crippen LogP contribution in [0.1, 0.15) is 87.0 Å². The highest BCUT2D eigenvalue weighted by molar-refractivity contribution is 5.84. The minimum absolute atomic E-state index is 0.410. The SMILES string of the molecule is C/C=C/CCc1ccc2cc(C(C)c3ccc(C4CCC(/C=C/C)CC4)cc3)ccc2c1. The van der Waals surface area contributed by atoms with Crippen LogP contribution in [0.4, 0.5) is 0 Å². The first kappa shape index (κ1) is 22.6. The normalized spacial score (nSPS) is 20.3. The molecular formula is C32H38. The third-order valence-electron chi connectivity index (χ3n) is 7.41. The lowest BCUT2D eigenvalue weighted by molar-refractivity contribution is 0.375. The van der Waals surface area contributed by atoms with Gasteiger partial charge in [-0.15, -0.1) is 0 Å². The molecule has 0 aromatic heterocycles. The van der Waals surface area contributed by atoms with Gasteiger partial charge in [0.1, 0.15) is 0 Å². The van der Waals surface area contributed by atoms with Gasteiger partial charge in [0, 0.05) is 5.92 Å². The summed E-state index contributed by atoms with van der Waals surface area (Å²) in [6.45, 7) is 6.57. The molecule has 32 heavy (non-hydrogen) atoms. The van der Waals surface area contributed by atoms with Crippen molar-refractivity contribution in [1.82, 2.24) is 0 Å². The molecule has 0 N–H and O–H groups in total. The van der Waals surface area contributed by atoms with Gasteiger partial charge >= 0.3 is 0 Å². The zero-order valence-corrected chi connectivity index (χ0v) is 20.1. The Morgan fingerprint density at radius 3 is 2.19 bits per heavy atom. The molecule has 0 nitrogen and oxygen atoms in total. The number of hydrogen-bond donors (Lipinski definition) is 0. The largest absolute Gasteiger partial charge is 0.0917 e. The molecule has 1 saturated carbocycles. The van der Waals surface area contributed by atoms with E-state index in [9.17, 15) is 0 Å². The van der Waals surface area contributed by atoms with E-state index < -0.39 is 0 Å². The van der Waals surface area contributed by atoms with Gasteiger partial charge in [-0.3, -0.25) is 0 Å². The zero-order chi connectivity index (χ0) is 22.3. The van der Waals surface area contributed by atoms with Crippen molar-refractivity contribution in [2.24, 2.45) is 5.92 Å². The van der Waals surface area contributed by atoms with E-state index in [-0.39, 0.29) is 0 Å². The lowest BCUT2D eigenvalue weighted by atomic mass is 9.78. The average Bonchev–Trinajstić information content (AvgIpc) is 2.84. The van der Waals surface area contributed by atoms with Gasteiger partial charge in [0.05, 0.1) is 0 Å². The summed E-state index contributed by atoms with van der Waals surface area (Å²) in [4.78, 5) is 0. The van der Waals surface area contributed by atoms with Gasteiger partial charge in [-0.1, -0.05) is 91.9 Å².